The number of pyridine rings is 4. The lowest BCUT2D eigenvalue weighted by atomic mass is 10.1. The summed E-state index contributed by atoms with van der Waals surface area (Å²) in [6, 6.07) is 22.1. The SMILES string of the molecule is C/C(=N\OCCC(=O)c1cccc(C2(C)OCCO2)n1)c1cccc(C)n1.C/C(=N\OCCC(O)c1cccc(C2(C)OCCO2)n1)c1cccc(C)n1. The van der Waals surface area contributed by atoms with Gasteiger partial charge in [0.1, 0.15) is 30.3 Å². The smallest absolute Gasteiger partial charge is 0.209 e. The standard InChI is InChI=1S/C20H25N3O4.C20H23N3O4/c2*1-14-6-4-7-16(21-14)15(2)23-27-11-10-18(24)17-8-5-9-19(22-17)20(3)25-12-13-26-20/h4-9,18,24H,10-13H2,1-3H3;4-9H,10-13H2,1-3H3/b2*23-15+. The summed E-state index contributed by atoms with van der Waals surface area (Å²) < 4.78 is 22.4. The van der Waals surface area contributed by atoms with Crippen LogP contribution < -0.4 is 0 Å². The molecule has 2 saturated heterocycles. The Balaban J connectivity index is 0.000000208. The summed E-state index contributed by atoms with van der Waals surface area (Å²) in [6.45, 7) is 13.7. The molecule has 14 nitrogen and oxygen atoms in total. The van der Waals surface area contributed by atoms with Crippen LogP contribution in [0.4, 0.5) is 0 Å². The minimum absolute atomic E-state index is 0.125. The number of oxime groups is 2. The van der Waals surface area contributed by atoms with E-state index in [-0.39, 0.29) is 25.4 Å². The average Bonchev–Trinajstić information content (AvgIpc) is 3.84. The van der Waals surface area contributed by atoms with Crippen LogP contribution in [0.3, 0.4) is 0 Å². The van der Waals surface area contributed by atoms with Gasteiger partial charge in [0.05, 0.1) is 61.0 Å². The van der Waals surface area contributed by atoms with E-state index in [2.05, 4.69) is 30.2 Å². The number of Topliss-reactive ketones (excluding diaryl/α,β-unsaturated/α-hetero) is 1. The van der Waals surface area contributed by atoms with Crippen LogP contribution in [-0.4, -0.2) is 81.9 Å². The molecule has 2 fully saturated rings. The molecule has 1 N–H and O–H groups in total. The first-order valence-electron chi connectivity index (χ1n) is 17.9. The molecule has 0 saturated carbocycles. The van der Waals surface area contributed by atoms with Crippen LogP contribution in [0, 0.1) is 13.8 Å². The van der Waals surface area contributed by atoms with Crippen LogP contribution in [0.25, 0.3) is 0 Å². The molecular formula is C40H48N6O8. The van der Waals surface area contributed by atoms with Crippen molar-refractivity contribution in [2.45, 2.75) is 72.1 Å². The minimum Gasteiger partial charge on any atom is -0.395 e. The van der Waals surface area contributed by atoms with Gasteiger partial charge in [-0.2, -0.15) is 0 Å². The Morgan fingerprint density at radius 3 is 1.69 bits per heavy atom. The molecule has 0 aromatic carbocycles. The van der Waals surface area contributed by atoms with E-state index in [4.69, 9.17) is 28.6 Å². The van der Waals surface area contributed by atoms with Gasteiger partial charge in [0.25, 0.3) is 0 Å². The van der Waals surface area contributed by atoms with Crippen molar-refractivity contribution in [3.63, 3.8) is 0 Å². The number of aliphatic hydroxyl groups excluding tert-OH is 1. The van der Waals surface area contributed by atoms with E-state index in [1.54, 1.807) is 31.2 Å². The molecule has 0 spiro atoms. The zero-order valence-electron chi connectivity index (χ0n) is 31.7. The largest absolute Gasteiger partial charge is 0.395 e. The highest BCUT2D eigenvalue weighted by atomic mass is 16.7. The Bertz CT molecular complexity index is 1920. The van der Waals surface area contributed by atoms with Gasteiger partial charge in [-0.15, -0.1) is 0 Å². The zero-order valence-corrected chi connectivity index (χ0v) is 31.7. The summed E-state index contributed by atoms with van der Waals surface area (Å²) in [7, 11) is 0. The van der Waals surface area contributed by atoms with Crippen molar-refractivity contribution in [2.75, 3.05) is 39.6 Å². The number of rotatable bonds is 14. The van der Waals surface area contributed by atoms with E-state index in [0.29, 0.717) is 67.0 Å². The highest BCUT2D eigenvalue weighted by Gasteiger charge is 2.36. The Kier molecular flexibility index (Phi) is 14.0. The Morgan fingerprint density at radius 2 is 1.15 bits per heavy atom. The number of ether oxygens (including phenoxy) is 4. The van der Waals surface area contributed by atoms with Crippen molar-refractivity contribution in [1.29, 1.82) is 0 Å². The van der Waals surface area contributed by atoms with Crippen molar-refractivity contribution in [2.24, 2.45) is 10.3 Å². The van der Waals surface area contributed by atoms with Gasteiger partial charge in [0.15, 0.2) is 5.78 Å². The molecular weight excluding hydrogens is 692 g/mol. The fraction of sp³-hybridized carbons (Fsp3) is 0.425. The van der Waals surface area contributed by atoms with Gasteiger partial charge in [-0.05, 0) is 90.1 Å². The van der Waals surface area contributed by atoms with Gasteiger partial charge < -0.3 is 33.7 Å². The van der Waals surface area contributed by atoms with Crippen molar-refractivity contribution < 1.29 is 38.5 Å². The average molecular weight is 741 g/mol. The molecule has 1 atom stereocenters. The van der Waals surface area contributed by atoms with Crippen molar-refractivity contribution in [3.05, 3.63) is 118 Å². The van der Waals surface area contributed by atoms with E-state index in [9.17, 15) is 9.90 Å². The number of aromatic nitrogens is 4. The highest BCUT2D eigenvalue weighted by Crippen LogP contribution is 2.31. The van der Waals surface area contributed by atoms with Gasteiger partial charge in [0, 0.05) is 24.2 Å². The Hall–Kier alpha value is -4.99. The molecule has 4 aromatic rings. The quantitative estimate of drug-likeness (QED) is 0.0706. The third kappa shape index (κ3) is 11.0. The molecule has 0 amide bonds. The zero-order chi connectivity index (χ0) is 38.6. The van der Waals surface area contributed by atoms with Gasteiger partial charge in [-0.3, -0.25) is 14.8 Å². The molecule has 54 heavy (non-hydrogen) atoms. The predicted octanol–water partition coefficient (Wildman–Crippen LogP) is 5.89. The number of aliphatic hydroxyl groups is 1. The van der Waals surface area contributed by atoms with Crippen molar-refractivity contribution in [1.82, 2.24) is 19.9 Å². The predicted molar refractivity (Wildman–Crippen MR) is 200 cm³/mol. The van der Waals surface area contributed by atoms with Gasteiger partial charge in [-0.25, -0.2) is 9.97 Å². The normalized spacial score (nSPS) is 17.0. The van der Waals surface area contributed by atoms with Crippen molar-refractivity contribution >= 4 is 17.2 Å². The number of carbonyl (C=O) groups is 1. The summed E-state index contributed by atoms with van der Waals surface area (Å²) in [6.07, 6.45) is -0.220. The van der Waals surface area contributed by atoms with E-state index >= 15 is 0 Å². The van der Waals surface area contributed by atoms with E-state index in [1.807, 2.05) is 83.1 Å². The van der Waals surface area contributed by atoms with Crippen LogP contribution in [0.2, 0.25) is 0 Å². The molecule has 286 valence electrons. The molecule has 14 heteroatoms. The fourth-order valence-corrected chi connectivity index (χ4v) is 5.50. The second-order valence-corrected chi connectivity index (χ2v) is 13.0. The number of hydrogen-bond acceptors (Lipinski definition) is 14. The van der Waals surface area contributed by atoms with Gasteiger partial charge in [0.2, 0.25) is 11.6 Å². The molecule has 2 aliphatic rings. The molecule has 6 heterocycles. The minimum atomic E-state index is -0.894. The number of carbonyl (C=O) groups excluding carboxylic acids is 1. The highest BCUT2D eigenvalue weighted by molar-refractivity contribution is 5.97. The first-order chi connectivity index (χ1) is 26.0. The van der Waals surface area contributed by atoms with Gasteiger partial charge in [-0.1, -0.05) is 34.6 Å². The van der Waals surface area contributed by atoms with Crippen molar-refractivity contribution in [3.8, 4) is 0 Å². The number of hydrogen-bond donors (Lipinski definition) is 1. The van der Waals surface area contributed by atoms with E-state index in [0.717, 1.165) is 22.8 Å². The summed E-state index contributed by atoms with van der Waals surface area (Å²) in [5.74, 6) is -1.87. The molecule has 4 aromatic heterocycles. The maximum atomic E-state index is 12.4. The second kappa shape index (κ2) is 18.9. The summed E-state index contributed by atoms with van der Waals surface area (Å²) in [5.41, 5.74) is 6.86. The monoisotopic (exact) mass is 740 g/mol. The van der Waals surface area contributed by atoms with Crippen LogP contribution in [0.15, 0.2) is 83.1 Å². The molecule has 2 aliphatic heterocycles. The topological polar surface area (TPSA) is 169 Å². The molecule has 1 unspecified atom stereocenters. The van der Waals surface area contributed by atoms with Crippen LogP contribution in [0.1, 0.15) is 97.0 Å². The summed E-state index contributed by atoms with van der Waals surface area (Å²) in [5, 5.41) is 18.5. The number of nitrogens with zero attached hydrogens (tertiary/aromatic N) is 6. The van der Waals surface area contributed by atoms with Gasteiger partial charge >= 0.3 is 0 Å². The lowest BCUT2D eigenvalue weighted by molar-refractivity contribution is -0.153. The molecule has 0 radical (unpaired) electrons. The molecule has 6 rings (SSSR count). The van der Waals surface area contributed by atoms with Crippen LogP contribution >= 0.6 is 0 Å². The third-order valence-electron chi connectivity index (χ3n) is 8.58. The van der Waals surface area contributed by atoms with E-state index in [1.165, 1.54) is 0 Å². The first-order valence-corrected chi connectivity index (χ1v) is 17.9. The fourth-order valence-electron chi connectivity index (χ4n) is 5.50. The maximum Gasteiger partial charge on any atom is 0.209 e. The van der Waals surface area contributed by atoms with Crippen LogP contribution in [-0.2, 0) is 40.2 Å². The third-order valence-corrected chi connectivity index (χ3v) is 8.58. The first kappa shape index (κ1) is 40.2. The molecule has 0 bridgehead atoms. The molecule has 0 aliphatic carbocycles. The summed E-state index contributed by atoms with van der Waals surface area (Å²) >= 11 is 0. The van der Waals surface area contributed by atoms with E-state index < -0.39 is 17.7 Å². The summed E-state index contributed by atoms with van der Waals surface area (Å²) in [4.78, 5) is 40.7. The second-order valence-electron chi connectivity index (χ2n) is 13.0. The Labute approximate surface area is 315 Å². The lowest BCUT2D eigenvalue weighted by Crippen LogP contribution is -2.24. The number of ketones is 1. The van der Waals surface area contributed by atoms with Crippen LogP contribution in [0.5, 0.6) is 0 Å². The lowest BCUT2D eigenvalue weighted by Gasteiger charge is -2.22. The number of aryl methyl sites for hydroxylation is 2. The Morgan fingerprint density at radius 1 is 0.685 bits per heavy atom. The maximum absolute atomic E-state index is 12.4.